The van der Waals surface area contributed by atoms with Gasteiger partial charge in [-0.1, -0.05) is 6.07 Å². The van der Waals surface area contributed by atoms with E-state index in [-0.39, 0.29) is 5.91 Å². The number of hydrogen-bond acceptors (Lipinski definition) is 7. The molecule has 1 fully saturated rings. The van der Waals surface area contributed by atoms with Crippen molar-refractivity contribution >= 4 is 17.5 Å². The molecule has 2 aromatic rings. The molecule has 150 valence electrons. The highest BCUT2D eigenvalue weighted by molar-refractivity contribution is 5.92. The molecule has 1 aliphatic heterocycles. The van der Waals surface area contributed by atoms with Crippen molar-refractivity contribution in [2.75, 3.05) is 63.2 Å². The van der Waals surface area contributed by atoms with Gasteiger partial charge in [0.05, 0.1) is 0 Å². The summed E-state index contributed by atoms with van der Waals surface area (Å²) in [6.07, 6.45) is 2.73. The molecule has 1 aliphatic rings. The van der Waals surface area contributed by atoms with Gasteiger partial charge in [-0.3, -0.25) is 4.79 Å². The molecule has 0 atom stereocenters. The first kappa shape index (κ1) is 20.0. The molecule has 1 amide bonds. The summed E-state index contributed by atoms with van der Waals surface area (Å²) in [6, 6.07) is 7.76. The standard InChI is InChI=1S/C20H29N7O/c1-16-23-17(20(28)22-9-6-10-25(2)3)15-19(24-16)27-13-11-26(12-14-27)18-7-4-5-8-21-18/h4-5,7-8,15H,6,9-14H2,1-3H3,(H,22,28). The number of aromatic nitrogens is 3. The van der Waals surface area contributed by atoms with Crippen molar-refractivity contribution < 1.29 is 4.79 Å². The van der Waals surface area contributed by atoms with Crippen LogP contribution < -0.4 is 15.1 Å². The fourth-order valence-electron chi connectivity index (χ4n) is 3.22. The summed E-state index contributed by atoms with van der Waals surface area (Å²) in [5.41, 5.74) is 0.430. The maximum Gasteiger partial charge on any atom is 0.270 e. The Morgan fingerprint density at radius 1 is 1.11 bits per heavy atom. The van der Waals surface area contributed by atoms with Crippen molar-refractivity contribution in [2.45, 2.75) is 13.3 Å². The predicted molar refractivity (Wildman–Crippen MR) is 111 cm³/mol. The molecule has 0 aliphatic carbocycles. The van der Waals surface area contributed by atoms with Crippen LogP contribution in [0.4, 0.5) is 11.6 Å². The van der Waals surface area contributed by atoms with Crippen LogP contribution >= 0.6 is 0 Å². The quantitative estimate of drug-likeness (QED) is 0.720. The average Bonchev–Trinajstić information content (AvgIpc) is 2.71. The summed E-state index contributed by atoms with van der Waals surface area (Å²) in [5.74, 6) is 2.28. The van der Waals surface area contributed by atoms with Gasteiger partial charge in [-0.2, -0.15) is 0 Å². The van der Waals surface area contributed by atoms with Gasteiger partial charge in [-0.25, -0.2) is 15.0 Å². The van der Waals surface area contributed by atoms with Crippen molar-refractivity contribution in [1.82, 2.24) is 25.2 Å². The van der Waals surface area contributed by atoms with E-state index in [4.69, 9.17) is 0 Å². The Morgan fingerprint density at radius 2 is 1.82 bits per heavy atom. The van der Waals surface area contributed by atoms with Gasteiger partial charge in [0.1, 0.15) is 23.2 Å². The van der Waals surface area contributed by atoms with Crippen LogP contribution in [0, 0.1) is 6.92 Å². The lowest BCUT2D eigenvalue weighted by molar-refractivity contribution is 0.0947. The van der Waals surface area contributed by atoms with Crippen LogP contribution in [-0.4, -0.2) is 79.1 Å². The van der Waals surface area contributed by atoms with Gasteiger partial charge in [0.25, 0.3) is 5.91 Å². The first-order valence-electron chi connectivity index (χ1n) is 9.72. The third-order valence-electron chi connectivity index (χ3n) is 4.70. The number of nitrogens with one attached hydrogen (secondary N) is 1. The molecule has 0 spiro atoms. The normalized spacial score (nSPS) is 14.4. The number of nitrogens with zero attached hydrogens (tertiary/aromatic N) is 6. The maximum atomic E-state index is 12.5. The SMILES string of the molecule is Cc1nc(C(=O)NCCCN(C)C)cc(N2CCN(c3ccccn3)CC2)n1. The number of hydrogen-bond donors (Lipinski definition) is 1. The van der Waals surface area contributed by atoms with Gasteiger partial charge in [0.2, 0.25) is 0 Å². The van der Waals surface area contributed by atoms with Crippen LogP contribution in [0.2, 0.25) is 0 Å². The number of carbonyl (C=O) groups excluding carboxylic acids is 1. The van der Waals surface area contributed by atoms with Crippen molar-refractivity contribution in [1.29, 1.82) is 0 Å². The van der Waals surface area contributed by atoms with E-state index in [9.17, 15) is 4.79 Å². The molecule has 2 aromatic heterocycles. The lowest BCUT2D eigenvalue weighted by Gasteiger charge is -2.36. The third kappa shape index (κ3) is 5.39. The topological polar surface area (TPSA) is 77.5 Å². The van der Waals surface area contributed by atoms with Crippen LogP contribution in [0.25, 0.3) is 0 Å². The van der Waals surface area contributed by atoms with Gasteiger partial charge in [-0.15, -0.1) is 0 Å². The number of piperazine rings is 1. The smallest absolute Gasteiger partial charge is 0.270 e. The summed E-state index contributed by atoms with van der Waals surface area (Å²) in [7, 11) is 4.05. The Balaban J connectivity index is 1.60. The number of rotatable bonds is 7. The van der Waals surface area contributed by atoms with Gasteiger partial charge >= 0.3 is 0 Å². The van der Waals surface area contributed by atoms with Crippen LogP contribution in [0.15, 0.2) is 30.5 Å². The number of carbonyl (C=O) groups is 1. The number of aryl methyl sites for hydroxylation is 1. The molecule has 8 heteroatoms. The second kappa shape index (κ2) is 9.45. The van der Waals surface area contributed by atoms with Crippen molar-refractivity contribution in [3.63, 3.8) is 0 Å². The van der Waals surface area contributed by atoms with Gasteiger partial charge < -0.3 is 20.0 Å². The van der Waals surface area contributed by atoms with Crippen LogP contribution in [0.5, 0.6) is 0 Å². The molecular weight excluding hydrogens is 354 g/mol. The fraction of sp³-hybridized carbons (Fsp3) is 0.500. The highest BCUT2D eigenvalue weighted by Gasteiger charge is 2.20. The van der Waals surface area contributed by atoms with E-state index in [1.54, 1.807) is 6.07 Å². The van der Waals surface area contributed by atoms with Gasteiger partial charge in [0, 0.05) is 45.0 Å². The van der Waals surface area contributed by atoms with E-state index in [1.807, 2.05) is 45.4 Å². The second-order valence-electron chi connectivity index (χ2n) is 7.23. The molecule has 0 saturated carbocycles. The number of pyridine rings is 1. The summed E-state index contributed by atoms with van der Waals surface area (Å²) in [5, 5.41) is 2.95. The Morgan fingerprint density at radius 3 is 2.46 bits per heavy atom. The Labute approximate surface area is 166 Å². The van der Waals surface area contributed by atoms with E-state index >= 15 is 0 Å². The molecule has 3 heterocycles. The fourth-order valence-corrected chi connectivity index (χ4v) is 3.22. The maximum absolute atomic E-state index is 12.5. The number of anilines is 2. The van der Waals surface area contributed by atoms with Gasteiger partial charge in [-0.05, 0) is 46.1 Å². The molecule has 0 bridgehead atoms. The summed E-state index contributed by atoms with van der Waals surface area (Å²) < 4.78 is 0. The van der Waals surface area contributed by atoms with Crippen LogP contribution in [0.1, 0.15) is 22.7 Å². The summed E-state index contributed by atoms with van der Waals surface area (Å²) >= 11 is 0. The second-order valence-corrected chi connectivity index (χ2v) is 7.23. The molecule has 0 radical (unpaired) electrons. The molecule has 0 unspecified atom stereocenters. The van der Waals surface area contributed by atoms with Crippen LogP contribution in [-0.2, 0) is 0 Å². The molecule has 1 saturated heterocycles. The molecule has 3 rings (SSSR count). The average molecular weight is 384 g/mol. The minimum atomic E-state index is -0.141. The lowest BCUT2D eigenvalue weighted by Crippen LogP contribution is -2.47. The van der Waals surface area contributed by atoms with E-state index in [2.05, 4.69) is 35.0 Å². The largest absolute Gasteiger partial charge is 0.353 e. The zero-order chi connectivity index (χ0) is 19.9. The van der Waals surface area contributed by atoms with E-state index < -0.39 is 0 Å². The summed E-state index contributed by atoms with van der Waals surface area (Å²) in [6.45, 7) is 6.80. The summed E-state index contributed by atoms with van der Waals surface area (Å²) in [4.78, 5) is 32.3. The number of amides is 1. The Bertz CT molecular complexity index is 773. The van der Waals surface area contributed by atoms with Gasteiger partial charge in [0.15, 0.2) is 0 Å². The van der Waals surface area contributed by atoms with Crippen molar-refractivity contribution in [3.05, 3.63) is 42.0 Å². The minimum absolute atomic E-state index is 0.141. The molecule has 28 heavy (non-hydrogen) atoms. The Hall–Kier alpha value is -2.74. The Kier molecular flexibility index (Phi) is 6.76. The molecule has 8 nitrogen and oxygen atoms in total. The van der Waals surface area contributed by atoms with E-state index in [0.29, 0.717) is 18.1 Å². The molecule has 0 aromatic carbocycles. The lowest BCUT2D eigenvalue weighted by atomic mass is 10.2. The van der Waals surface area contributed by atoms with E-state index in [0.717, 1.165) is 50.8 Å². The predicted octanol–water partition coefficient (Wildman–Crippen LogP) is 1.19. The highest BCUT2D eigenvalue weighted by Crippen LogP contribution is 2.18. The third-order valence-corrected chi connectivity index (χ3v) is 4.70. The zero-order valence-corrected chi connectivity index (χ0v) is 16.9. The van der Waals surface area contributed by atoms with Crippen molar-refractivity contribution in [2.24, 2.45) is 0 Å². The zero-order valence-electron chi connectivity index (χ0n) is 16.9. The molecular formula is C20H29N7O. The highest BCUT2D eigenvalue weighted by atomic mass is 16.1. The monoisotopic (exact) mass is 383 g/mol. The van der Waals surface area contributed by atoms with E-state index in [1.165, 1.54) is 0 Å². The first-order valence-corrected chi connectivity index (χ1v) is 9.72. The minimum Gasteiger partial charge on any atom is -0.353 e. The van der Waals surface area contributed by atoms with Crippen LogP contribution in [0.3, 0.4) is 0 Å². The first-order chi connectivity index (χ1) is 13.5. The molecule has 1 N–H and O–H groups in total. The van der Waals surface area contributed by atoms with Crippen molar-refractivity contribution in [3.8, 4) is 0 Å².